The molecule has 0 saturated heterocycles. The summed E-state index contributed by atoms with van der Waals surface area (Å²) in [6.45, 7) is 0.305. The summed E-state index contributed by atoms with van der Waals surface area (Å²) in [7, 11) is 1.55. The third-order valence-corrected chi connectivity index (χ3v) is 4.07. The molecule has 0 radical (unpaired) electrons. The average Bonchev–Trinajstić information content (AvgIpc) is 3.08. The van der Waals surface area contributed by atoms with Crippen molar-refractivity contribution in [2.45, 2.75) is 31.7 Å². The molecule has 0 heterocycles. The van der Waals surface area contributed by atoms with Crippen molar-refractivity contribution in [1.29, 1.82) is 0 Å². The molecule has 1 aromatic carbocycles. The van der Waals surface area contributed by atoms with Gasteiger partial charge in [0.25, 0.3) is 17.7 Å². The molecule has 5 N–H and O–H groups in total. The number of benzene rings is 1. The fourth-order valence-electron chi connectivity index (χ4n) is 2.76. The standard InChI is InChI=1S/C17H24N4O3/c1-18-15(22)10-19-11-16(23)21-14-9-5-4-8-13(14)17(24)20-12-6-2-3-7-12/h4-5,8-9,12,19H,2-3,6-7,10-11H2,1H3,(H,18,22)(H,20,24)(H,21,23)/p+1. The molecule has 0 aliphatic heterocycles. The Bertz CT molecular complexity index is 597. The number of hydrogen-bond donors (Lipinski definition) is 4. The lowest BCUT2D eigenvalue weighted by molar-refractivity contribution is -0.632. The van der Waals surface area contributed by atoms with Gasteiger partial charge in [-0.2, -0.15) is 0 Å². The summed E-state index contributed by atoms with van der Waals surface area (Å²) in [6, 6.07) is 7.18. The first-order chi connectivity index (χ1) is 11.6. The van der Waals surface area contributed by atoms with Gasteiger partial charge in [0.05, 0.1) is 11.3 Å². The number of carbonyl (C=O) groups is 3. The molecule has 0 atom stereocenters. The van der Waals surface area contributed by atoms with Crippen molar-refractivity contribution in [1.82, 2.24) is 10.6 Å². The van der Waals surface area contributed by atoms with E-state index in [2.05, 4.69) is 16.0 Å². The molecule has 7 heteroatoms. The number of quaternary nitrogens is 1. The number of hydrogen-bond acceptors (Lipinski definition) is 3. The van der Waals surface area contributed by atoms with Gasteiger partial charge in [0.1, 0.15) is 0 Å². The van der Waals surface area contributed by atoms with Crippen LogP contribution in [0.5, 0.6) is 0 Å². The van der Waals surface area contributed by atoms with Crippen LogP contribution < -0.4 is 21.3 Å². The Morgan fingerprint density at radius 2 is 1.75 bits per heavy atom. The first-order valence-corrected chi connectivity index (χ1v) is 8.32. The molecule has 7 nitrogen and oxygen atoms in total. The lowest BCUT2D eigenvalue weighted by Crippen LogP contribution is -2.88. The Morgan fingerprint density at radius 3 is 2.46 bits per heavy atom. The molecule has 24 heavy (non-hydrogen) atoms. The maximum atomic E-state index is 12.4. The van der Waals surface area contributed by atoms with Crippen molar-refractivity contribution < 1.29 is 19.7 Å². The second-order valence-corrected chi connectivity index (χ2v) is 5.92. The van der Waals surface area contributed by atoms with E-state index < -0.39 is 0 Å². The van der Waals surface area contributed by atoms with E-state index in [1.54, 1.807) is 36.6 Å². The van der Waals surface area contributed by atoms with E-state index in [9.17, 15) is 14.4 Å². The first kappa shape index (κ1) is 17.9. The lowest BCUT2D eigenvalue weighted by Gasteiger charge is -2.14. The summed E-state index contributed by atoms with van der Waals surface area (Å²) in [6.07, 6.45) is 4.30. The molecule has 0 aromatic heterocycles. The largest absolute Gasteiger partial charge is 0.354 e. The maximum Gasteiger partial charge on any atom is 0.279 e. The number of nitrogens with two attached hydrogens (primary N) is 1. The van der Waals surface area contributed by atoms with Gasteiger partial charge in [-0.25, -0.2) is 0 Å². The molecule has 3 amide bonds. The molecule has 2 rings (SSSR count). The molecule has 1 saturated carbocycles. The zero-order valence-corrected chi connectivity index (χ0v) is 13.9. The molecule has 0 bridgehead atoms. The van der Waals surface area contributed by atoms with E-state index in [0.717, 1.165) is 25.7 Å². The first-order valence-electron chi connectivity index (χ1n) is 8.32. The van der Waals surface area contributed by atoms with E-state index in [4.69, 9.17) is 0 Å². The number of rotatable bonds is 7. The van der Waals surface area contributed by atoms with Crippen molar-refractivity contribution in [2.24, 2.45) is 0 Å². The average molecular weight is 333 g/mol. The van der Waals surface area contributed by atoms with E-state index in [-0.39, 0.29) is 36.9 Å². The Kier molecular flexibility index (Phi) is 6.74. The second-order valence-electron chi connectivity index (χ2n) is 5.92. The van der Waals surface area contributed by atoms with Crippen LogP contribution in [0, 0.1) is 0 Å². The van der Waals surface area contributed by atoms with Gasteiger partial charge in [-0.15, -0.1) is 0 Å². The van der Waals surface area contributed by atoms with Crippen molar-refractivity contribution >= 4 is 23.4 Å². The minimum absolute atomic E-state index is 0.117. The van der Waals surface area contributed by atoms with Gasteiger partial charge in [-0.1, -0.05) is 25.0 Å². The fourth-order valence-corrected chi connectivity index (χ4v) is 2.76. The molecular weight excluding hydrogens is 308 g/mol. The second kappa shape index (κ2) is 9.02. The van der Waals surface area contributed by atoms with Gasteiger partial charge in [0.15, 0.2) is 13.1 Å². The molecule has 0 unspecified atom stereocenters. The predicted molar refractivity (Wildman–Crippen MR) is 90.5 cm³/mol. The van der Waals surface area contributed by atoms with Gasteiger partial charge in [-0.05, 0) is 25.0 Å². The van der Waals surface area contributed by atoms with E-state index in [1.807, 2.05) is 0 Å². The Balaban J connectivity index is 1.91. The van der Waals surface area contributed by atoms with Crippen molar-refractivity contribution in [2.75, 3.05) is 25.5 Å². The van der Waals surface area contributed by atoms with E-state index >= 15 is 0 Å². The zero-order valence-electron chi connectivity index (χ0n) is 13.9. The number of anilines is 1. The van der Waals surface area contributed by atoms with Crippen LogP contribution in [0.2, 0.25) is 0 Å². The van der Waals surface area contributed by atoms with Crippen LogP contribution in [0.15, 0.2) is 24.3 Å². The highest BCUT2D eigenvalue weighted by Gasteiger charge is 2.20. The molecule has 1 fully saturated rings. The van der Waals surface area contributed by atoms with Gasteiger partial charge in [-0.3, -0.25) is 14.4 Å². The third kappa shape index (κ3) is 5.34. The summed E-state index contributed by atoms with van der Waals surface area (Å²) in [5.74, 6) is -0.550. The molecule has 1 aromatic rings. The summed E-state index contributed by atoms with van der Waals surface area (Å²) >= 11 is 0. The Labute approximate surface area is 141 Å². The third-order valence-electron chi connectivity index (χ3n) is 4.07. The quantitative estimate of drug-likeness (QED) is 0.546. The molecule has 1 aliphatic carbocycles. The fraction of sp³-hybridized carbons (Fsp3) is 0.471. The molecule has 130 valence electrons. The number of nitrogens with one attached hydrogen (secondary N) is 3. The minimum atomic E-state index is -0.250. The molecule has 0 spiro atoms. The van der Waals surface area contributed by atoms with Crippen LogP contribution in [0.3, 0.4) is 0 Å². The van der Waals surface area contributed by atoms with Crippen molar-refractivity contribution in [3.63, 3.8) is 0 Å². The van der Waals surface area contributed by atoms with Crippen LogP contribution in [-0.4, -0.2) is 43.9 Å². The number of amides is 3. The van der Waals surface area contributed by atoms with Crippen molar-refractivity contribution in [3.8, 4) is 0 Å². The van der Waals surface area contributed by atoms with Gasteiger partial charge in [0.2, 0.25) is 0 Å². The lowest BCUT2D eigenvalue weighted by atomic mass is 10.1. The van der Waals surface area contributed by atoms with Gasteiger partial charge in [0, 0.05) is 13.1 Å². The summed E-state index contributed by atoms with van der Waals surface area (Å²) in [4.78, 5) is 35.6. The number of carbonyl (C=O) groups excluding carboxylic acids is 3. The van der Waals surface area contributed by atoms with Gasteiger partial charge < -0.3 is 21.3 Å². The van der Waals surface area contributed by atoms with Crippen LogP contribution in [-0.2, 0) is 9.59 Å². The SMILES string of the molecule is CNC(=O)C[NH2+]CC(=O)Nc1ccccc1C(=O)NC1CCCC1. The Morgan fingerprint density at radius 1 is 1.08 bits per heavy atom. The summed E-state index contributed by atoms with van der Waals surface area (Å²) in [5.41, 5.74) is 0.954. The monoisotopic (exact) mass is 333 g/mol. The van der Waals surface area contributed by atoms with E-state index in [1.165, 1.54) is 0 Å². The molecular formula is C17H25N4O3+. The smallest absolute Gasteiger partial charge is 0.279 e. The number of para-hydroxylation sites is 1. The highest BCUT2D eigenvalue weighted by molar-refractivity contribution is 6.04. The minimum Gasteiger partial charge on any atom is -0.354 e. The van der Waals surface area contributed by atoms with E-state index in [0.29, 0.717) is 11.3 Å². The normalized spacial score (nSPS) is 14.2. The number of likely N-dealkylation sites (N-methyl/N-ethyl adjacent to an activating group) is 1. The van der Waals surface area contributed by atoms with Crippen LogP contribution >= 0.6 is 0 Å². The zero-order chi connectivity index (χ0) is 17.4. The highest BCUT2D eigenvalue weighted by atomic mass is 16.2. The van der Waals surface area contributed by atoms with Crippen LogP contribution in [0.1, 0.15) is 36.0 Å². The van der Waals surface area contributed by atoms with Gasteiger partial charge >= 0.3 is 0 Å². The van der Waals surface area contributed by atoms with Crippen LogP contribution in [0.4, 0.5) is 5.69 Å². The predicted octanol–water partition coefficient (Wildman–Crippen LogP) is -0.393. The van der Waals surface area contributed by atoms with Crippen molar-refractivity contribution in [3.05, 3.63) is 29.8 Å². The summed E-state index contributed by atoms with van der Waals surface area (Å²) < 4.78 is 0. The highest BCUT2D eigenvalue weighted by Crippen LogP contribution is 2.20. The maximum absolute atomic E-state index is 12.4. The topological polar surface area (TPSA) is 104 Å². The Hall–Kier alpha value is -2.41. The molecule has 1 aliphatic rings. The summed E-state index contributed by atoms with van der Waals surface area (Å²) in [5, 5.41) is 9.87. The van der Waals surface area contributed by atoms with Crippen LogP contribution in [0.25, 0.3) is 0 Å².